The van der Waals surface area contributed by atoms with Crippen LogP contribution in [0.3, 0.4) is 0 Å². The molecule has 0 amide bonds. The zero-order chi connectivity index (χ0) is 4.99. The van der Waals surface area contributed by atoms with Crippen LogP contribution in [-0.4, -0.2) is 69.4 Å². The second-order valence-electron chi connectivity index (χ2n) is 0.925. The molecule has 0 aliphatic carbocycles. The van der Waals surface area contributed by atoms with Crippen LogP contribution in [0.1, 0.15) is 13.8 Å². The summed E-state index contributed by atoms with van der Waals surface area (Å²) in [5.74, 6) is -0.211. The Bertz CT molecular complexity index is 55.2. The fourth-order valence-corrected chi connectivity index (χ4v) is 0.203. The van der Waals surface area contributed by atoms with Crippen LogP contribution in [0.4, 0.5) is 0 Å². The molecule has 0 aliphatic heterocycles. The Morgan fingerprint density at radius 1 is 1.62 bits per heavy atom. The first-order chi connectivity index (χ1) is 2.77. The molecule has 0 fully saturated rings. The SMILES string of the molecule is CCOC(C)=O.O.[KH]. The molecule has 0 heterocycles. The summed E-state index contributed by atoms with van der Waals surface area (Å²) in [7, 11) is 0. The fraction of sp³-hybridized carbons (Fsp3) is 0.750. The average Bonchev–Trinajstić information content (AvgIpc) is 1.35. The van der Waals surface area contributed by atoms with Gasteiger partial charge >= 0.3 is 57.4 Å². The predicted molar refractivity (Wildman–Crippen MR) is 33.1 cm³/mol. The Hall–Kier alpha value is 1.07. The number of hydrogen-bond acceptors (Lipinski definition) is 2. The third-order valence-electron chi connectivity index (χ3n) is 0.348. The molecule has 0 aromatic rings. The molecule has 0 aliphatic rings. The van der Waals surface area contributed by atoms with E-state index in [0.717, 1.165) is 0 Å². The molecule has 0 unspecified atom stereocenters. The number of ether oxygens (including phenoxy) is 1. The van der Waals surface area contributed by atoms with Gasteiger partial charge in [0.1, 0.15) is 0 Å². The molecule has 0 aromatic carbocycles. The molecule has 0 aromatic heterocycles. The monoisotopic (exact) mass is 146 g/mol. The Morgan fingerprint density at radius 3 is 2.00 bits per heavy atom. The zero-order valence-corrected chi connectivity index (χ0v) is 4.52. The van der Waals surface area contributed by atoms with Gasteiger partial charge in [-0.25, -0.2) is 0 Å². The summed E-state index contributed by atoms with van der Waals surface area (Å²) in [6.07, 6.45) is 0. The van der Waals surface area contributed by atoms with Gasteiger partial charge < -0.3 is 10.2 Å². The number of carbonyl (C=O) groups is 1. The summed E-state index contributed by atoms with van der Waals surface area (Å²) >= 11 is 0. The van der Waals surface area contributed by atoms with Gasteiger partial charge in [-0.2, -0.15) is 0 Å². The van der Waals surface area contributed by atoms with Crippen molar-refractivity contribution in [3.63, 3.8) is 0 Å². The molecule has 0 saturated carbocycles. The number of carbonyl (C=O) groups excluding carboxylic acids is 1. The molecule has 3 nitrogen and oxygen atoms in total. The second kappa shape index (κ2) is 10.9. The van der Waals surface area contributed by atoms with Crippen molar-refractivity contribution in [2.45, 2.75) is 13.8 Å². The van der Waals surface area contributed by atoms with Crippen molar-refractivity contribution in [1.29, 1.82) is 0 Å². The molecule has 8 heavy (non-hydrogen) atoms. The van der Waals surface area contributed by atoms with E-state index >= 15 is 0 Å². The first-order valence-electron chi connectivity index (χ1n) is 1.90. The van der Waals surface area contributed by atoms with Crippen molar-refractivity contribution in [1.82, 2.24) is 0 Å². The molecular weight excluding hydrogens is 135 g/mol. The second-order valence-corrected chi connectivity index (χ2v) is 0.925. The molecular formula is C4H11KO3. The van der Waals surface area contributed by atoms with Crippen LogP contribution >= 0.6 is 0 Å². The van der Waals surface area contributed by atoms with E-state index in [1.807, 2.05) is 0 Å². The molecule has 0 spiro atoms. The van der Waals surface area contributed by atoms with Gasteiger partial charge in [-0.1, -0.05) is 0 Å². The molecule has 0 saturated heterocycles. The van der Waals surface area contributed by atoms with Gasteiger partial charge in [-0.15, -0.1) is 0 Å². The third kappa shape index (κ3) is 15.7. The van der Waals surface area contributed by atoms with Crippen LogP contribution in [0.2, 0.25) is 0 Å². The van der Waals surface area contributed by atoms with E-state index in [-0.39, 0.29) is 62.8 Å². The molecule has 46 valence electrons. The standard InChI is InChI=1S/C4H8O2.K.H2O.H/c1-3-6-4(2)5;;;/h3H2,1-2H3;;1H2;. The summed E-state index contributed by atoms with van der Waals surface area (Å²) < 4.78 is 4.40. The van der Waals surface area contributed by atoms with Crippen LogP contribution < -0.4 is 0 Å². The molecule has 2 N–H and O–H groups in total. The van der Waals surface area contributed by atoms with Crippen molar-refractivity contribution in [3.8, 4) is 0 Å². The van der Waals surface area contributed by atoms with E-state index in [1.54, 1.807) is 6.92 Å². The maximum absolute atomic E-state index is 9.82. The van der Waals surface area contributed by atoms with Gasteiger partial charge in [0.25, 0.3) is 0 Å². The van der Waals surface area contributed by atoms with Crippen molar-refractivity contribution >= 4 is 57.4 Å². The van der Waals surface area contributed by atoms with E-state index in [2.05, 4.69) is 4.74 Å². The average molecular weight is 146 g/mol. The fourth-order valence-electron chi connectivity index (χ4n) is 0.203. The van der Waals surface area contributed by atoms with Crippen molar-refractivity contribution in [2.24, 2.45) is 0 Å². The summed E-state index contributed by atoms with van der Waals surface area (Å²) in [5, 5.41) is 0. The zero-order valence-electron chi connectivity index (χ0n) is 4.52. The topological polar surface area (TPSA) is 57.8 Å². The number of rotatable bonds is 1. The minimum atomic E-state index is -0.211. The molecule has 4 heteroatoms. The Balaban J connectivity index is -0.000000125. The van der Waals surface area contributed by atoms with Crippen LogP contribution in [0.15, 0.2) is 0 Å². The normalized spacial score (nSPS) is 5.75. The number of hydrogen-bond donors (Lipinski definition) is 0. The van der Waals surface area contributed by atoms with E-state index in [9.17, 15) is 4.79 Å². The Kier molecular flexibility index (Phi) is 21.9. The summed E-state index contributed by atoms with van der Waals surface area (Å²) in [4.78, 5) is 9.82. The quantitative estimate of drug-likeness (QED) is 0.355. The van der Waals surface area contributed by atoms with Crippen LogP contribution in [0.5, 0.6) is 0 Å². The van der Waals surface area contributed by atoms with Gasteiger partial charge in [0, 0.05) is 6.92 Å². The predicted octanol–water partition coefficient (Wildman–Crippen LogP) is -0.904. The van der Waals surface area contributed by atoms with Crippen molar-refractivity contribution in [3.05, 3.63) is 0 Å². The van der Waals surface area contributed by atoms with E-state index in [0.29, 0.717) is 6.61 Å². The van der Waals surface area contributed by atoms with E-state index in [4.69, 9.17) is 0 Å². The first kappa shape index (κ1) is 16.0. The van der Waals surface area contributed by atoms with Gasteiger partial charge in [0.2, 0.25) is 0 Å². The van der Waals surface area contributed by atoms with E-state index < -0.39 is 0 Å². The van der Waals surface area contributed by atoms with Gasteiger partial charge in [0.15, 0.2) is 0 Å². The summed E-state index contributed by atoms with van der Waals surface area (Å²) in [6, 6.07) is 0. The van der Waals surface area contributed by atoms with Crippen molar-refractivity contribution < 1.29 is 15.0 Å². The van der Waals surface area contributed by atoms with Crippen molar-refractivity contribution in [2.75, 3.05) is 6.61 Å². The van der Waals surface area contributed by atoms with Crippen LogP contribution in [0.25, 0.3) is 0 Å². The minimum absolute atomic E-state index is 0. The van der Waals surface area contributed by atoms with Gasteiger partial charge in [-0.05, 0) is 6.92 Å². The van der Waals surface area contributed by atoms with Gasteiger partial charge in [-0.3, -0.25) is 4.79 Å². The Labute approximate surface area is 91.5 Å². The van der Waals surface area contributed by atoms with Gasteiger partial charge in [0.05, 0.1) is 6.61 Å². The molecule has 0 rings (SSSR count). The summed E-state index contributed by atoms with van der Waals surface area (Å²) in [5.41, 5.74) is 0. The molecule has 0 atom stereocenters. The van der Waals surface area contributed by atoms with Crippen LogP contribution in [-0.2, 0) is 9.53 Å². The third-order valence-corrected chi connectivity index (χ3v) is 0.348. The maximum atomic E-state index is 9.82. The Morgan fingerprint density at radius 2 is 2.00 bits per heavy atom. The first-order valence-corrected chi connectivity index (χ1v) is 1.90. The molecule has 0 bridgehead atoms. The summed E-state index contributed by atoms with van der Waals surface area (Å²) in [6.45, 7) is 3.65. The van der Waals surface area contributed by atoms with Crippen LogP contribution in [0, 0.1) is 0 Å². The molecule has 0 radical (unpaired) electrons. The number of esters is 1. The van der Waals surface area contributed by atoms with E-state index in [1.165, 1.54) is 6.92 Å².